The first kappa shape index (κ1) is 29.1. The molecular formula is C23H40O7SSi. The van der Waals surface area contributed by atoms with Crippen LogP contribution in [0.25, 0.3) is 0 Å². The van der Waals surface area contributed by atoms with Crippen molar-refractivity contribution in [2.24, 2.45) is 0 Å². The summed E-state index contributed by atoms with van der Waals surface area (Å²) in [5.41, 5.74) is 0. The maximum Gasteiger partial charge on any atom is 0.501 e. The van der Waals surface area contributed by atoms with E-state index in [4.69, 9.17) is 27.5 Å². The molecule has 0 N–H and O–H groups in total. The van der Waals surface area contributed by atoms with Crippen LogP contribution in [0.3, 0.4) is 0 Å². The molecule has 1 aromatic carbocycles. The molecule has 1 aromatic rings. The molecule has 0 fully saturated rings. The molecule has 7 nitrogen and oxygen atoms in total. The molecule has 0 saturated heterocycles. The summed E-state index contributed by atoms with van der Waals surface area (Å²) in [6, 6.07) is 10.0. The largest absolute Gasteiger partial charge is 0.501 e. The Bertz CT molecular complexity index is 571. The minimum absolute atomic E-state index is 0.00409. The van der Waals surface area contributed by atoms with Crippen LogP contribution in [0, 0.1) is 0 Å². The summed E-state index contributed by atoms with van der Waals surface area (Å²) in [6.45, 7) is 9.93. The van der Waals surface area contributed by atoms with E-state index < -0.39 is 8.80 Å². The smallest absolute Gasteiger partial charge is 0.485 e. The topological polar surface area (TPSA) is 72.5 Å². The minimum Gasteiger partial charge on any atom is -0.485 e. The molecule has 0 radical (unpaired) electrons. The standard InChI is InChI=1S/C23H40O7SSi/c1-4-7-14-25-15-16-26-17-18-30-32(28-5-2,29-6-3)20-11-19-31-23(24)21-27-22-12-9-8-10-13-22/h8-10,12-13H,4-7,11,14-21H2,1-3H3. The van der Waals surface area contributed by atoms with Crippen LogP contribution in [-0.4, -0.2) is 72.5 Å². The predicted octanol–water partition coefficient (Wildman–Crippen LogP) is 4.58. The Morgan fingerprint density at radius 3 is 2.16 bits per heavy atom. The van der Waals surface area contributed by atoms with Crippen molar-refractivity contribution in [2.75, 3.05) is 58.6 Å². The Hall–Kier alpha value is -0.943. The number of ether oxygens (including phenoxy) is 3. The lowest BCUT2D eigenvalue weighted by Crippen LogP contribution is -2.46. The van der Waals surface area contributed by atoms with Gasteiger partial charge in [-0.3, -0.25) is 4.79 Å². The second-order valence-corrected chi connectivity index (χ2v) is 10.8. The van der Waals surface area contributed by atoms with Gasteiger partial charge in [0.2, 0.25) is 5.12 Å². The van der Waals surface area contributed by atoms with Crippen molar-refractivity contribution in [1.82, 2.24) is 0 Å². The highest BCUT2D eigenvalue weighted by Gasteiger charge is 2.40. The second-order valence-electron chi connectivity index (χ2n) is 6.90. The summed E-state index contributed by atoms with van der Waals surface area (Å²) >= 11 is 1.27. The van der Waals surface area contributed by atoms with Crippen LogP contribution in [0.2, 0.25) is 6.04 Å². The van der Waals surface area contributed by atoms with Crippen LogP contribution < -0.4 is 4.74 Å². The van der Waals surface area contributed by atoms with Gasteiger partial charge in [0, 0.05) is 31.6 Å². The summed E-state index contributed by atoms with van der Waals surface area (Å²) in [5, 5.41) is 0.00409. The molecular weight excluding hydrogens is 448 g/mol. The van der Waals surface area contributed by atoms with Crippen molar-refractivity contribution in [1.29, 1.82) is 0 Å². The first-order chi connectivity index (χ1) is 15.7. The molecule has 0 heterocycles. The number of thioether (sulfide) groups is 1. The minimum atomic E-state index is -2.79. The lowest BCUT2D eigenvalue weighted by atomic mass is 10.3. The monoisotopic (exact) mass is 488 g/mol. The van der Waals surface area contributed by atoms with Crippen molar-refractivity contribution in [2.45, 2.75) is 46.1 Å². The first-order valence-corrected chi connectivity index (χ1v) is 14.5. The van der Waals surface area contributed by atoms with Crippen molar-refractivity contribution in [3.8, 4) is 5.75 Å². The van der Waals surface area contributed by atoms with E-state index in [1.807, 2.05) is 44.2 Å². The number of para-hydroxylation sites is 1. The van der Waals surface area contributed by atoms with Gasteiger partial charge in [0.15, 0.2) is 6.61 Å². The van der Waals surface area contributed by atoms with Crippen molar-refractivity contribution < 1.29 is 32.3 Å². The Balaban J connectivity index is 2.27. The fourth-order valence-electron chi connectivity index (χ4n) is 2.78. The summed E-state index contributed by atoms with van der Waals surface area (Å²) in [4.78, 5) is 12.1. The number of carbonyl (C=O) groups excluding carboxylic acids is 1. The molecule has 9 heteroatoms. The highest BCUT2D eigenvalue weighted by atomic mass is 32.2. The highest BCUT2D eigenvalue weighted by Crippen LogP contribution is 2.20. The van der Waals surface area contributed by atoms with Crippen molar-refractivity contribution in [3.05, 3.63) is 30.3 Å². The third-order valence-electron chi connectivity index (χ3n) is 4.28. The van der Waals surface area contributed by atoms with Crippen LogP contribution in [-0.2, 0) is 27.5 Å². The van der Waals surface area contributed by atoms with Crippen LogP contribution in [0.15, 0.2) is 30.3 Å². The van der Waals surface area contributed by atoms with E-state index in [0.717, 1.165) is 25.9 Å². The van der Waals surface area contributed by atoms with Gasteiger partial charge in [-0.2, -0.15) is 0 Å². The first-order valence-electron chi connectivity index (χ1n) is 11.6. The van der Waals surface area contributed by atoms with Crippen LogP contribution in [0.1, 0.15) is 40.0 Å². The summed E-state index contributed by atoms with van der Waals surface area (Å²) in [5.74, 6) is 1.37. The maximum absolute atomic E-state index is 12.1. The predicted molar refractivity (Wildman–Crippen MR) is 130 cm³/mol. The van der Waals surface area contributed by atoms with Gasteiger partial charge in [-0.25, -0.2) is 0 Å². The Morgan fingerprint density at radius 1 is 0.844 bits per heavy atom. The Labute approximate surface area is 198 Å². The molecule has 0 unspecified atom stereocenters. The zero-order chi connectivity index (χ0) is 23.3. The molecule has 0 bridgehead atoms. The normalized spacial score (nSPS) is 11.6. The quantitative estimate of drug-likeness (QED) is 0.184. The van der Waals surface area contributed by atoms with Gasteiger partial charge in [-0.1, -0.05) is 43.3 Å². The molecule has 1 rings (SSSR count). The fraction of sp³-hybridized carbons (Fsp3) is 0.696. The molecule has 0 aliphatic heterocycles. The molecule has 0 saturated carbocycles. The lowest BCUT2D eigenvalue weighted by Gasteiger charge is -2.29. The molecule has 0 spiro atoms. The van der Waals surface area contributed by atoms with E-state index in [9.17, 15) is 4.79 Å². The van der Waals surface area contributed by atoms with E-state index >= 15 is 0 Å². The average Bonchev–Trinajstić information content (AvgIpc) is 2.80. The van der Waals surface area contributed by atoms with Gasteiger partial charge < -0.3 is 27.5 Å². The van der Waals surface area contributed by atoms with E-state index in [-0.39, 0.29) is 11.7 Å². The van der Waals surface area contributed by atoms with Gasteiger partial charge in [0.1, 0.15) is 5.75 Å². The molecule has 0 aliphatic rings. The van der Waals surface area contributed by atoms with Crippen LogP contribution in [0.5, 0.6) is 5.75 Å². The average molecular weight is 489 g/mol. The Morgan fingerprint density at radius 2 is 1.50 bits per heavy atom. The summed E-state index contributed by atoms with van der Waals surface area (Å²) in [6.07, 6.45) is 2.97. The summed E-state index contributed by atoms with van der Waals surface area (Å²) < 4.78 is 34.5. The van der Waals surface area contributed by atoms with Crippen LogP contribution >= 0.6 is 11.8 Å². The Kier molecular flexibility index (Phi) is 17.7. The van der Waals surface area contributed by atoms with Crippen LogP contribution in [0.4, 0.5) is 0 Å². The van der Waals surface area contributed by atoms with E-state index in [0.29, 0.717) is 57.2 Å². The molecule has 0 atom stereocenters. The molecule has 32 heavy (non-hydrogen) atoms. The molecule has 0 aliphatic carbocycles. The van der Waals surface area contributed by atoms with Gasteiger partial charge >= 0.3 is 8.80 Å². The molecule has 0 amide bonds. The van der Waals surface area contributed by atoms with Crippen molar-refractivity contribution >= 4 is 25.7 Å². The maximum atomic E-state index is 12.1. The number of rotatable bonds is 21. The second kappa shape index (κ2) is 19.5. The van der Waals surface area contributed by atoms with Crippen molar-refractivity contribution in [3.63, 3.8) is 0 Å². The van der Waals surface area contributed by atoms with E-state index in [2.05, 4.69) is 6.92 Å². The highest BCUT2D eigenvalue weighted by molar-refractivity contribution is 8.13. The number of hydrogen-bond donors (Lipinski definition) is 0. The summed E-state index contributed by atoms with van der Waals surface area (Å²) in [7, 11) is -2.79. The lowest BCUT2D eigenvalue weighted by molar-refractivity contribution is -0.112. The van der Waals surface area contributed by atoms with E-state index in [1.165, 1.54) is 11.8 Å². The number of unbranched alkanes of at least 4 members (excludes halogenated alkanes) is 1. The van der Waals surface area contributed by atoms with Gasteiger partial charge in [0.05, 0.1) is 26.4 Å². The number of hydrogen-bond acceptors (Lipinski definition) is 8. The molecule has 0 aromatic heterocycles. The zero-order valence-corrected chi connectivity index (χ0v) is 21.7. The third kappa shape index (κ3) is 14.3. The van der Waals surface area contributed by atoms with Gasteiger partial charge in [-0.05, 0) is 38.8 Å². The number of benzene rings is 1. The zero-order valence-electron chi connectivity index (χ0n) is 19.8. The number of carbonyl (C=O) groups is 1. The SMILES string of the molecule is CCCCOCCOCCO[Si](CCCSC(=O)COc1ccccc1)(OCC)OCC. The van der Waals surface area contributed by atoms with Gasteiger partial charge in [-0.15, -0.1) is 0 Å². The fourth-order valence-corrected chi connectivity index (χ4v) is 6.26. The van der Waals surface area contributed by atoms with E-state index in [1.54, 1.807) is 0 Å². The molecule has 184 valence electrons. The third-order valence-corrected chi connectivity index (χ3v) is 8.28. The van der Waals surface area contributed by atoms with Gasteiger partial charge in [0.25, 0.3) is 0 Å².